The van der Waals surface area contributed by atoms with Gasteiger partial charge in [-0.05, 0) is 0 Å². The monoisotopic (exact) mass is 278 g/mol. The second-order valence-electron chi connectivity index (χ2n) is 1.95. The van der Waals surface area contributed by atoms with Crippen molar-refractivity contribution in [2.75, 3.05) is 0 Å². The van der Waals surface area contributed by atoms with Crippen LogP contribution in [-0.4, -0.2) is 36.7 Å². The Labute approximate surface area is 88.4 Å². The van der Waals surface area contributed by atoms with E-state index in [9.17, 15) is 44.1 Å². The second-order valence-corrected chi connectivity index (χ2v) is 1.95. The minimum atomic E-state index is -6.00. The maximum absolute atomic E-state index is 9.75. The standard InChI is InChI=1S/C3H4O4.2BF4/c4-2(5)1-3(6)7;2*2-1(3,4)5/h1H2,(H,4,5)(H,6,7);;/q;2*-1. The lowest BCUT2D eigenvalue weighted by Crippen LogP contribution is -2.03. The molecule has 0 aliphatic carbocycles. The van der Waals surface area contributed by atoms with Crippen molar-refractivity contribution in [3.05, 3.63) is 0 Å². The Morgan fingerprint density at radius 3 is 0.824 bits per heavy atom. The molecule has 0 aromatic rings. The summed E-state index contributed by atoms with van der Waals surface area (Å²) >= 11 is 0. The summed E-state index contributed by atoms with van der Waals surface area (Å²) in [5.41, 5.74) is 0. The van der Waals surface area contributed by atoms with Crippen LogP contribution in [0.25, 0.3) is 0 Å². The molecule has 2 N–H and O–H groups in total. The zero-order valence-corrected chi connectivity index (χ0v) is 7.60. The number of rotatable bonds is 2. The third-order valence-electron chi connectivity index (χ3n) is 0.302. The van der Waals surface area contributed by atoms with Crippen LogP contribution in [0, 0.1) is 0 Å². The van der Waals surface area contributed by atoms with Crippen molar-refractivity contribution in [3.63, 3.8) is 0 Å². The molecule has 0 bridgehead atoms. The summed E-state index contributed by atoms with van der Waals surface area (Å²) in [7, 11) is -12.0. The van der Waals surface area contributed by atoms with Crippen LogP contribution < -0.4 is 0 Å². The highest BCUT2D eigenvalue weighted by molar-refractivity contribution is 6.50. The molecule has 0 atom stereocenters. The molecule has 0 spiro atoms. The van der Waals surface area contributed by atoms with Gasteiger partial charge in [0, 0.05) is 0 Å². The predicted octanol–water partition coefficient (Wildman–Crippen LogP) is 2.15. The zero-order valence-electron chi connectivity index (χ0n) is 7.60. The SMILES string of the molecule is F[B-](F)(F)F.F[B-](F)(F)F.O=C(O)CC(=O)O. The van der Waals surface area contributed by atoms with Gasteiger partial charge >= 0.3 is 26.4 Å². The van der Waals surface area contributed by atoms with E-state index in [1.807, 2.05) is 0 Å². The Balaban J connectivity index is -0.000000177. The van der Waals surface area contributed by atoms with E-state index in [2.05, 4.69) is 0 Å². The molecule has 0 amide bonds. The number of carboxylic acid groups (broad SMARTS) is 2. The van der Waals surface area contributed by atoms with Gasteiger partial charge in [0.25, 0.3) is 0 Å². The average molecular weight is 278 g/mol. The van der Waals surface area contributed by atoms with E-state index in [0.29, 0.717) is 0 Å². The Kier molecular flexibility index (Phi) is 10.6. The molecule has 0 aromatic heterocycles. The van der Waals surface area contributed by atoms with Crippen LogP contribution in [0.4, 0.5) is 34.5 Å². The molecule has 104 valence electrons. The molecule has 0 fully saturated rings. The molecule has 0 aliphatic rings. The molecule has 0 radical (unpaired) electrons. The van der Waals surface area contributed by atoms with E-state index in [1.54, 1.807) is 0 Å². The lowest BCUT2D eigenvalue weighted by Gasteiger charge is -1.94. The summed E-state index contributed by atoms with van der Waals surface area (Å²) < 4.78 is 78.0. The quantitative estimate of drug-likeness (QED) is 0.461. The maximum atomic E-state index is 9.75. The van der Waals surface area contributed by atoms with Gasteiger partial charge in [-0.1, -0.05) is 0 Å². The molecular weight excluding hydrogens is 274 g/mol. The molecule has 0 saturated heterocycles. The lowest BCUT2D eigenvalue weighted by atomic mass is 10.3. The summed E-state index contributed by atoms with van der Waals surface area (Å²) in [4.78, 5) is 18.9. The molecule has 4 nitrogen and oxygen atoms in total. The van der Waals surface area contributed by atoms with Crippen molar-refractivity contribution in [1.82, 2.24) is 0 Å². The summed E-state index contributed by atoms with van der Waals surface area (Å²) in [6.45, 7) is 0. The number of hydrogen-bond donors (Lipinski definition) is 2. The Morgan fingerprint density at radius 1 is 0.706 bits per heavy atom. The van der Waals surface area contributed by atoms with E-state index in [1.165, 1.54) is 0 Å². The van der Waals surface area contributed by atoms with Crippen LogP contribution in [0.15, 0.2) is 0 Å². The largest absolute Gasteiger partial charge is 0.673 e. The molecule has 0 saturated carbocycles. The Hall–Kier alpha value is -1.49. The first kappa shape index (κ1) is 20.9. The minimum Gasteiger partial charge on any atom is -0.481 e. The van der Waals surface area contributed by atoms with Gasteiger partial charge in [0.2, 0.25) is 0 Å². The topological polar surface area (TPSA) is 74.6 Å². The van der Waals surface area contributed by atoms with Gasteiger partial charge < -0.3 is 44.7 Å². The smallest absolute Gasteiger partial charge is 0.481 e. The van der Waals surface area contributed by atoms with Crippen LogP contribution >= 0.6 is 0 Å². The van der Waals surface area contributed by atoms with Crippen LogP contribution in [0.1, 0.15) is 6.42 Å². The van der Waals surface area contributed by atoms with Gasteiger partial charge in [-0.2, -0.15) is 0 Å². The molecule has 14 heteroatoms. The van der Waals surface area contributed by atoms with Crippen molar-refractivity contribution in [2.24, 2.45) is 0 Å². The summed E-state index contributed by atoms with van der Waals surface area (Å²) in [5, 5.41) is 15.4. The van der Waals surface area contributed by atoms with Gasteiger partial charge in [0.05, 0.1) is 0 Å². The van der Waals surface area contributed by atoms with Gasteiger partial charge in [-0.3, -0.25) is 9.59 Å². The number of halogens is 8. The normalized spacial score (nSPS) is 10.4. The second kappa shape index (κ2) is 8.64. The first-order valence-corrected chi connectivity index (χ1v) is 3.31. The highest BCUT2D eigenvalue weighted by Gasteiger charge is 2.21. The van der Waals surface area contributed by atoms with Crippen molar-refractivity contribution in [2.45, 2.75) is 6.42 Å². The first-order valence-electron chi connectivity index (χ1n) is 3.31. The fourth-order valence-electron chi connectivity index (χ4n) is 0.129. The van der Waals surface area contributed by atoms with Gasteiger partial charge in [-0.15, -0.1) is 0 Å². The van der Waals surface area contributed by atoms with E-state index in [-0.39, 0.29) is 0 Å². The van der Waals surface area contributed by atoms with E-state index in [0.717, 1.165) is 0 Å². The number of carboxylic acids is 2. The van der Waals surface area contributed by atoms with Gasteiger partial charge in [0.1, 0.15) is 6.42 Å². The average Bonchev–Trinajstić information content (AvgIpc) is 1.71. The highest BCUT2D eigenvalue weighted by atomic mass is 19.5. The number of aliphatic carboxylic acids is 2. The van der Waals surface area contributed by atoms with Gasteiger partial charge in [-0.25, -0.2) is 0 Å². The molecule has 0 aromatic carbocycles. The molecule has 0 rings (SSSR count). The summed E-state index contributed by atoms with van der Waals surface area (Å²) in [6, 6.07) is 0. The van der Waals surface area contributed by atoms with E-state index < -0.39 is 32.9 Å². The van der Waals surface area contributed by atoms with E-state index in [4.69, 9.17) is 10.2 Å². The van der Waals surface area contributed by atoms with Crippen molar-refractivity contribution in [1.29, 1.82) is 0 Å². The van der Waals surface area contributed by atoms with E-state index >= 15 is 0 Å². The van der Waals surface area contributed by atoms with Crippen LogP contribution in [-0.2, 0) is 9.59 Å². The molecule has 0 aliphatic heterocycles. The van der Waals surface area contributed by atoms with Crippen LogP contribution in [0.5, 0.6) is 0 Å². The van der Waals surface area contributed by atoms with Crippen LogP contribution in [0.2, 0.25) is 0 Å². The zero-order chi connectivity index (χ0) is 14.9. The van der Waals surface area contributed by atoms with Crippen LogP contribution in [0.3, 0.4) is 0 Å². The van der Waals surface area contributed by atoms with Crippen molar-refractivity contribution >= 4 is 26.4 Å². The van der Waals surface area contributed by atoms with Crippen molar-refractivity contribution in [3.8, 4) is 0 Å². The maximum Gasteiger partial charge on any atom is 0.673 e. The fourth-order valence-corrected chi connectivity index (χ4v) is 0.129. The number of hydrogen-bond acceptors (Lipinski definition) is 2. The summed E-state index contributed by atoms with van der Waals surface area (Å²) in [6.07, 6.45) is -0.806. The molecule has 0 unspecified atom stereocenters. The minimum absolute atomic E-state index is 0.806. The third kappa shape index (κ3) is 360. The van der Waals surface area contributed by atoms with Crippen molar-refractivity contribution < 1.29 is 54.3 Å². The Morgan fingerprint density at radius 2 is 0.824 bits per heavy atom. The first-order chi connectivity index (χ1) is 7.13. The summed E-state index contributed by atoms with van der Waals surface area (Å²) in [5.74, 6) is -2.62. The molecule has 0 heterocycles. The lowest BCUT2D eigenvalue weighted by molar-refractivity contribution is -0.147. The third-order valence-corrected chi connectivity index (χ3v) is 0.302. The highest BCUT2D eigenvalue weighted by Crippen LogP contribution is 2.07. The molecule has 17 heavy (non-hydrogen) atoms. The predicted molar refractivity (Wildman–Crippen MR) is 40.3 cm³/mol. The number of carbonyl (C=O) groups is 2. The fraction of sp³-hybridized carbons (Fsp3) is 0.333. The molecular formula is C3H4B2F8O4-2. The van der Waals surface area contributed by atoms with Gasteiger partial charge in [0.15, 0.2) is 0 Å². The Bertz CT molecular complexity index is 200.